The van der Waals surface area contributed by atoms with Crippen LogP contribution in [0.25, 0.3) is 0 Å². The Morgan fingerprint density at radius 3 is 2.31 bits per heavy atom. The van der Waals surface area contributed by atoms with Gasteiger partial charge in [-0.05, 0) is 53.9 Å². The molecule has 0 bridgehead atoms. The van der Waals surface area contributed by atoms with E-state index in [2.05, 4.69) is 11.1 Å². The van der Waals surface area contributed by atoms with Crippen molar-refractivity contribution in [3.63, 3.8) is 0 Å². The third-order valence-corrected chi connectivity index (χ3v) is 8.24. The number of imide groups is 1. The van der Waals surface area contributed by atoms with Gasteiger partial charge in [-0.2, -0.15) is 10.5 Å². The third kappa shape index (κ3) is 6.09. The van der Waals surface area contributed by atoms with Crippen molar-refractivity contribution in [2.24, 2.45) is 0 Å². The highest BCUT2D eigenvalue weighted by Gasteiger charge is 2.41. The van der Waals surface area contributed by atoms with E-state index in [1.807, 2.05) is 19.9 Å². The lowest BCUT2D eigenvalue weighted by molar-refractivity contribution is -0.121. The first-order valence-corrected chi connectivity index (χ1v) is 14.0. The molecule has 0 saturated carbocycles. The molecule has 0 aliphatic carbocycles. The second-order valence-electron chi connectivity index (χ2n) is 9.40. The molecule has 42 heavy (non-hydrogen) atoms. The summed E-state index contributed by atoms with van der Waals surface area (Å²) in [4.78, 5) is 56.1. The standard InChI is InChI=1S/C29H21Cl2N5O5S/c1-14(2)25-18(11-32)26(34)35-27(19(25)12-33)42-23-10-24(38)36(28(23)39)17-6-3-15(4-7-17)29(40)41-13-22(37)16-5-8-20(30)21(31)9-16/h3-9,14,23H,10,13H2,1-2H3,(H2,34,35). The molecule has 1 saturated heterocycles. The molecule has 1 aliphatic heterocycles. The molecule has 3 aromatic rings. The molecule has 0 radical (unpaired) electrons. The largest absolute Gasteiger partial charge is 0.454 e. The van der Waals surface area contributed by atoms with Crippen LogP contribution in [0, 0.1) is 22.7 Å². The van der Waals surface area contributed by atoms with Crippen molar-refractivity contribution in [3.05, 3.63) is 80.3 Å². The molecule has 2 amide bonds. The summed E-state index contributed by atoms with van der Waals surface area (Å²) in [5.41, 5.74) is 7.22. The summed E-state index contributed by atoms with van der Waals surface area (Å²) in [5, 5.41) is 19.1. The molecule has 212 valence electrons. The number of carbonyl (C=O) groups is 4. The van der Waals surface area contributed by atoms with Gasteiger partial charge in [-0.15, -0.1) is 0 Å². The van der Waals surface area contributed by atoms with Crippen LogP contribution in [0.15, 0.2) is 47.5 Å². The van der Waals surface area contributed by atoms with Gasteiger partial charge in [-0.25, -0.2) is 14.7 Å². The van der Waals surface area contributed by atoms with E-state index in [9.17, 15) is 29.7 Å². The van der Waals surface area contributed by atoms with Crippen molar-refractivity contribution in [2.75, 3.05) is 17.2 Å². The second-order valence-corrected chi connectivity index (χ2v) is 11.4. The molecular weight excluding hydrogens is 601 g/mol. The van der Waals surface area contributed by atoms with Crippen molar-refractivity contribution in [1.29, 1.82) is 10.5 Å². The van der Waals surface area contributed by atoms with Gasteiger partial charge in [0.25, 0.3) is 0 Å². The maximum absolute atomic E-state index is 13.3. The molecule has 1 aliphatic rings. The second kappa shape index (κ2) is 12.6. The molecule has 1 atom stereocenters. The summed E-state index contributed by atoms with van der Waals surface area (Å²) in [5.74, 6) is -2.55. The minimum absolute atomic E-state index is 0.0579. The number of thioether (sulfide) groups is 1. The van der Waals surface area contributed by atoms with E-state index >= 15 is 0 Å². The summed E-state index contributed by atoms with van der Waals surface area (Å²) in [6, 6.07) is 13.9. The first kappa shape index (κ1) is 30.5. The highest BCUT2D eigenvalue weighted by atomic mass is 35.5. The Kier molecular flexibility index (Phi) is 9.17. The Balaban J connectivity index is 1.46. The first-order chi connectivity index (χ1) is 20.0. The zero-order valence-electron chi connectivity index (χ0n) is 22.2. The predicted molar refractivity (Wildman–Crippen MR) is 156 cm³/mol. The molecule has 2 aromatic carbocycles. The number of nitrogens with zero attached hydrogens (tertiary/aromatic N) is 4. The lowest BCUT2D eigenvalue weighted by Crippen LogP contribution is -2.31. The number of anilines is 2. The average molecular weight is 622 g/mol. The molecule has 10 nitrogen and oxygen atoms in total. The van der Waals surface area contributed by atoms with Gasteiger partial charge in [-0.3, -0.25) is 14.4 Å². The lowest BCUT2D eigenvalue weighted by atomic mass is 9.94. The van der Waals surface area contributed by atoms with Crippen LogP contribution in [0.5, 0.6) is 0 Å². The minimum Gasteiger partial charge on any atom is -0.454 e. The summed E-state index contributed by atoms with van der Waals surface area (Å²) < 4.78 is 5.10. The number of nitrogens with two attached hydrogens (primary N) is 1. The third-order valence-electron chi connectivity index (χ3n) is 6.33. The molecule has 2 N–H and O–H groups in total. The zero-order chi connectivity index (χ0) is 30.7. The number of halogens is 2. The minimum atomic E-state index is -0.888. The molecule has 4 rings (SSSR count). The number of hydrogen-bond donors (Lipinski definition) is 1. The number of carbonyl (C=O) groups excluding carboxylic acids is 4. The SMILES string of the molecule is CC(C)c1c(C#N)c(N)nc(SC2CC(=O)N(c3ccc(C(=O)OCC(=O)c4ccc(Cl)c(Cl)c4)cc3)C2=O)c1C#N. The fourth-order valence-electron chi connectivity index (χ4n) is 4.30. The monoisotopic (exact) mass is 621 g/mol. The molecular formula is C29H21Cl2N5O5S. The highest BCUT2D eigenvalue weighted by molar-refractivity contribution is 8.00. The number of nitriles is 2. The van der Waals surface area contributed by atoms with Gasteiger partial charge in [0.2, 0.25) is 11.8 Å². The molecule has 1 fully saturated rings. The number of ether oxygens (including phenoxy) is 1. The van der Waals surface area contributed by atoms with Crippen LogP contribution in [-0.2, 0) is 14.3 Å². The number of esters is 1. The van der Waals surface area contributed by atoms with Crippen LogP contribution in [0.3, 0.4) is 0 Å². The maximum atomic E-state index is 13.3. The Bertz CT molecular complexity index is 1710. The number of ketones is 1. The Labute approximate surface area is 255 Å². The van der Waals surface area contributed by atoms with Crippen molar-refractivity contribution in [3.8, 4) is 12.1 Å². The number of benzene rings is 2. The van der Waals surface area contributed by atoms with Crippen LogP contribution < -0.4 is 10.6 Å². The normalized spacial score (nSPS) is 14.5. The smallest absolute Gasteiger partial charge is 0.338 e. The molecule has 1 unspecified atom stereocenters. The van der Waals surface area contributed by atoms with Crippen molar-refractivity contribution in [1.82, 2.24) is 4.98 Å². The molecule has 2 heterocycles. The van der Waals surface area contributed by atoms with E-state index in [0.29, 0.717) is 5.56 Å². The highest BCUT2D eigenvalue weighted by Crippen LogP contribution is 2.38. The fraction of sp³-hybridized carbons (Fsp3) is 0.207. The Hall–Kier alpha value is -4.42. The van der Waals surface area contributed by atoms with Crippen LogP contribution in [0.4, 0.5) is 11.5 Å². The topological polar surface area (TPSA) is 167 Å². The van der Waals surface area contributed by atoms with Crippen LogP contribution >= 0.6 is 35.0 Å². The number of amides is 2. The molecule has 1 aromatic heterocycles. The summed E-state index contributed by atoms with van der Waals surface area (Å²) in [6.07, 6.45) is -0.159. The van der Waals surface area contributed by atoms with E-state index in [1.54, 1.807) is 0 Å². The van der Waals surface area contributed by atoms with Gasteiger partial charge in [0, 0.05) is 12.0 Å². The van der Waals surface area contributed by atoms with Gasteiger partial charge < -0.3 is 10.5 Å². The number of rotatable bonds is 8. The summed E-state index contributed by atoms with van der Waals surface area (Å²) >= 11 is 12.7. The number of hydrogen-bond acceptors (Lipinski definition) is 10. The van der Waals surface area contributed by atoms with E-state index in [0.717, 1.165) is 16.7 Å². The van der Waals surface area contributed by atoms with Crippen LogP contribution in [0.1, 0.15) is 63.6 Å². The average Bonchev–Trinajstić information content (AvgIpc) is 3.24. The predicted octanol–water partition coefficient (Wildman–Crippen LogP) is 5.30. The molecule has 0 spiro atoms. The van der Waals surface area contributed by atoms with E-state index in [4.69, 9.17) is 33.7 Å². The number of pyridine rings is 1. The van der Waals surface area contributed by atoms with Crippen molar-refractivity contribution < 1.29 is 23.9 Å². The van der Waals surface area contributed by atoms with E-state index < -0.39 is 35.4 Å². The number of nitrogen functional groups attached to an aromatic ring is 1. The lowest BCUT2D eigenvalue weighted by Gasteiger charge is -2.17. The quantitative estimate of drug-likeness (QED) is 0.198. The van der Waals surface area contributed by atoms with Crippen LogP contribution in [-0.4, -0.2) is 40.4 Å². The Morgan fingerprint density at radius 1 is 1.07 bits per heavy atom. The zero-order valence-corrected chi connectivity index (χ0v) is 24.5. The summed E-state index contributed by atoms with van der Waals surface area (Å²) in [7, 11) is 0. The van der Waals surface area contributed by atoms with E-state index in [-0.39, 0.29) is 61.2 Å². The summed E-state index contributed by atoms with van der Waals surface area (Å²) in [6.45, 7) is 3.09. The Morgan fingerprint density at radius 2 is 1.71 bits per heavy atom. The van der Waals surface area contributed by atoms with Crippen molar-refractivity contribution >= 4 is 70.0 Å². The molecule has 13 heteroatoms. The number of aromatic nitrogens is 1. The van der Waals surface area contributed by atoms with E-state index in [1.165, 1.54) is 42.5 Å². The van der Waals surface area contributed by atoms with Gasteiger partial charge in [0.05, 0.1) is 37.7 Å². The first-order valence-electron chi connectivity index (χ1n) is 12.4. The maximum Gasteiger partial charge on any atom is 0.338 e. The number of Topliss-reactive ketones (excluding diaryl/α,β-unsaturated/α-hetero) is 1. The van der Waals surface area contributed by atoms with Crippen molar-refractivity contribution in [2.45, 2.75) is 36.5 Å². The van der Waals surface area contributed by atoms with Gasteiger partial charge in [-0.1, -0.05) is 48.8 Å². The fourth-order valence-corrected chi connectivity index (χ4v) is 5.73. The van der Waals surface area contributed by atoms with Gasteiger partial charge in [0.15, 0.2) is 12.4 Å². The van der Waals surface area contributed by atoms with Crippen LogP contribution in [0.2, 0.25) is 10.0 Å². The van der Waals surface area contributed by atoms with Gasteiger partial charge >= 0.3 is 5.97 Å². The van der Waals surface area contributed by atoms with Gasteiger partial charge in [0.1, 0.15) is 23.0 Å².